The van der Waals surface area contributed by atoms with E-state index < -0.39 is 0 Å². The third kappa shape index (κ3) is 2.44. The van der Waals surface area contributed by atoms with Crippen LogP contribution in [0.2, 0.25) is 0 Å². The molecule has 1 aliphatic rings. The van der Waals surface area contributed by atoms with E-state index in [4.69, 9.17) is 0 Å². The van der Waals surface area contributed by atoms with Gasteiger partial charge >= 0.3 is 0 Å². The summed E-state index contributed by atoms with van der Waals surface area (Å²) in [5.74, 6) is 1.46. The van der Waals surface area contributed by atoms with Crippen molar-refractivity contribution in [2.24, 2.45) is 10.8 Å². The van der Waals surface area contributed by atoms with Gasteiger partial charge in [-0.1, -0.05) is 46.8 Å². The molecule has 1 aromatic rings. The second-order valence-electron chi connectivity index (χ2n) is 6.68. The smallest absolute Gasteiger partial charge is 0.116 e. The Morgan fingerprint density at radius 1 is 1.22 bits per heavy atom. The van der Waals surface area contributed by atoms with Crippen molar-refractivity contribution < 1.29 is 5.11 Å². The van der Waals surface area contributed by atoms with E-state index in [0.717, 1.165) is 11.3 Å². The topological polar surface area (TPSA) is 20.2 Å². The van der Waals surface area contributed by atoms with Crippen molar-refractivity contribution in [2.45, 2.75) is 34.6 Å². The van der Waals surface area contributed by atoms with Crippen LogP contribution >= 0.6 is 11.8 Å². The first kappa shape index (κ1) is 13.5. The van der Waals surface area contributed by atoms with Crippen molar-refractivity contribution >= 4 is 16.7 Å². The number of hydrogen-bond donors (Lipinski definition) is 1. The molecule has 0 aromatic heterocycles. The zero-order valence-corrected chi connectivity index (χ0v) is 12.7. The van der Waals surface area contributed by atoms with Gasteiger partial charge in [0.05, 0.1) is 0 Å². The molecule has 0 saturated heterocycles. The van der Waals surface area contributed by atoms with Crippen LogP contribution in [0.1, 0.15) is 40.2 Å². The number of phenolic OH excluding ortho intramolecular Hbond substituents is 1. The Morgan fingerprint density at radius 2 is 1.89 bits per heavy atom. The molecule has 0 saturated carbocycles. The van der Waals surface area contributed by atoms with Crippen LogP contribution < -0.4 is 0 Å². The maximum Gasteiger partial charge on any atom is 0.116 e. The summed E-state index contributed by atoms with van der Waals surface area (Å²) in [6, 6.07) is 7.61. The monoisotopic (exact) mass is 262 g/mol. The molecule has 2 rings (SSSR count). The highest BCUT2D eigenvalue weighted by molar-refractivity contribution is 8.08. The summed E-state index contributed by atoms with van der Waals surface area (Å²) in [7, 11) is 0. The van der Waals surface area contributed by atoms with Gasteiger partial charge in [-0.2, -0.15) is 0 Å². The van der Waals surface area contributed by atoms with Crippen LogP contribution in [0.15, 0.2) is 29.8 Å². The number of benzene rings is 1. The van der Waals surface area contributed by atoms with Crippen molar-refractivity contribution in [3.8, 4) is 5.75 Å². The minimum absolute atomic E-state index is 0.161. The fraction of sp³-hybridized carbons (Fsp3) is 0.500. The zero-order chi connectivity index (χ0) is 13.6. The van der Waals surface area contributed by atoms with E-state index in [1.807, 2.05) is 23.9 Å². The van der Waals surface area contributed by atoms with Gasteiger partial charge in [-0.05, 0) is 34.1 Å². The van der Waals surface area contributed by atoms with Crippen LogP contribution in [-0.4, -0.2) is 10.9 Å². The molecule has 1 N–H and O–H groups in total. The maximum absolute atomic E-state index is 9.66. The van der Waals surface area contributed by atoms with Crippen LogP contribution in [0.25, 0.3) is 4.91 Å². The van der Waals surface area contributed by atoms with E-state index in [9.17, 15) is 5.11 Å². The van der Waals surface area contributed by atoms with Gasteiger partial charge in [-0.3, -0.25) is 0 Å². The van der Waals surface area contributed by atoms with E-state index in [0.29, 0.717) is 5.75 Å². The fourth-order valence-electron chi connectivity index (χ4n) is 2.93. The maximum atomic E-state index is 9.66. The standard InChI is InChI=1S/C16H22OS/c1-15(2,3)14-13(18-10-16(14,4)5)11-7-6-8-12(17)9-11/h6-9,17H,10H2,1-5H3. The largest absolute Gasteiger partial charge is 0.508 e. The average Bonchev–Trinajstić information content (AvgIpc) is 2.53. The van der Waals surface area contributed by atoms with Crippen molar-refractivity contribution in [1.29, 1.82) is 0 Å². The van der Waals surface area contributed by atoms with Gasteiger partial charge in [0.1, 0.15) is 5.75 Å². The third-order valence-electron chi connectivity index (χ3n) is 3.34. The number of hydrogen-bond acceptors (Lipinski definition) is 2. The molecule has 0 spiro atoms. The van der Waals surface area contributed by atoms with E-state index in [1.54, 1.807) is 6.07 Å². The Labute approximate surface area is 114 Å². The predicted molar refractivity (Wildman–Crippen MR) is 80.7 cm³/mol. The lowest BCUT2D eigenvalue weighted by Crippen LogP contribution is -2.24. The summed E-state index contributed by atoms with van der Waals surface area (Å²) in [6.45, 7) is 11.5. The number of rotatable bonds is 1. The molecule has 0 radical (unpaired) electrons. The summed E-state index contributed by atoms with van der Waals surface area (Å²) >= 11 is 1.91. The highest BCUT2D eigenvalue weighted by atomic mass is 32.2. The molecule has 0 unspecified atom stereocenters. The first-order valence-electron chi connectivity index (χ1n) is 6.39. The van der Waals surface area contributed by atoms with E-state index >= 15 is 0 Å². The van der Waals surface area contributed by atoms with Crippen LogP contribution in [0.4, 0.5) is 0 Å². The Kier molecular flexibility index (Phi) is 3.26. The summed E-state index contributed by atoms with van der Waals surface area (Å²) in [5.41, 5.74) is 3.04. The normalized spacial score (nSPS) is 19.4. The Bertz CT molecular complexity index is 492. The fourth-order valence-corrected chi connectivity index (χ4v) is 4.60. The zero-order valence-electron chi connectivity index (χ0n) is 11.9. The van der Waals surface area contributed by atoms with Crippen LogP contribution in [0, 0.1) is 10.8 Å². The first-order chi connectivity index (χ1) is 8.22. The Hall–Kier alpha value is -0.890. The third-order valence-corrected chi connectivity index (χ3v) is 4.93. The molecular formula is C16H22OS. The van der Waals surface area contributed by atoms with Crippen molar-refractivity contribution in [1.82, 2.24) is 0 Å². The lowest BCUT2D eigenvalue weighted by molar-refractivity contribution is 0.376. The lowest BCUT2D eigenvalue weighted by Gasteiger charge is -2.33. The van der Waals surface area contributed by atoms with Gasteiger partial charge in [-0.15, -0.1) is 11.8 Å². The van der Waals surface area contributed by atoms with E-state index in [-0.39, 0.29) is 10.8 Å². The highest BCUT2D eigenvalue weighted by Gasteiger charge is 2.39. The molecule has 18 heavy (non-hydrogen) atoms. The minimum Gasteiger partial charge on any atom is -0.508 e. The van der Waals surface area contributed by atoms with E-state index in [2.05, 4.69) is 40.7 Å². The van der Waals surface area contributed by atoms with Gasteiger partial charge in [0.25, 0.3) is 0 Å². The summed E-state index contributed by atoms with van der Waals surface area (Å²) in [4.78, 5) is 1.35. The van der Waals surface area contributed by atoms with Crippen molar-refractivity contribution in [3.63, 3.8) is 0 Å². The van der Waals surface area contributed by atoms with Gasteiger partial charge in [0.15, 0.2) is 0 Å². The molecule has 0 atom stereocenters. The number of allylic oxidation sites excluding steroid dienone is 1. The highest BCUT2D eigenvalue weighted by Crippen LogP contribution is 2.55. The molecule has 0 bridgehead atoms. The molecule has 0 amide bonds. The Morgan fingerprint density at radius 3 is 2.44 bits per heavy atom. The summed E-state index contributed by atoms with van der Waals surface area (Å²) in [5, 5.41) is 9.66. The molecule has 1 aromatic carbocycles. The van der Waals surface area contributed by atoms with E-state index in [1.165, 1.54) is 10.5 Å². The molecule has 0 fully saturated rings. The first-order valence-corrected chi connectivity index (χ1v) is 7.38. The molecule has 98 valence electrons. The van der Waals surface area contributed by atoms with Crippen molar-refractivity contribution in [3.05, 3.63) is 35.4 Å². The average molecular weight is 262 g/mol. The summed E-state index contributed by atoms with van der Waals surface area (Å²) < 4.78 is 0. The molecular weight excluding hydrogens is 240 g/mol. The molecule has 0 aliphatic carbocycles. The Balaban J connectivity index is 2.60. The number of thioether (sulfide) groups is 1. The number of phenols is 1. The van der Waals surface area contributed by atoms with Crippen molar-refractivity contribution in [2.75, 3.05) is 5.75 Å². The van der Waals surface area contributed by atoms with Gasteiger partial charge in [0.2, 0.25) is 0 Å². The number of aromatic hydroxyl groups is 1. The summed E-state index contributed by atoms with van der Waals surface area (Å²) in [6.07, 6.45) is 0. The second kappa shape index (κ2) is 4.34. The van der Waals surface area contributed by atoms with Crippen LogP contribution in [0.3, 0.4) is 0 Å². The lowest BCUT2D eigenvalue weighted by atomic mass is 9.71. The molecule has 1 aliphatic heterocycles. The molecule has 1 nitrogen and oxygen atoms in total. The SMILES string of the molecule is CC(C)(C)C1=C(c2cccc(O)c2)SCC1(C)C. The molecule has 1 heterocycles. The predicted octanol–water partition coefficient (Wildman–Crippen LogP) is 4.92. The van der Waals surface area contributed by atoms with Crippen LogP contribution in [0.5, 0.6) is 5.75 Å². The van der Waals surface area contributed by atoms with Gasteiger partial charge in [-0.25, -0.2) is 0 Å². The minimum atomic E-state index is 0.161. The molecule has 2 heteroatoms. The van der Waals surface area contributed by atoms with Gasteiger partial charge < -0.3 is 5.11 Å². The van der Waals surface area contributed by atoms with Gasteiger partial charge in [0, 0.05) is 10.7 Å². The quantitative estimate of drug-likeness (QED) is 0.775. The van der Waals surface area contributed by atoms with Crippen LogP contribution in [-0.2, 0) is 0 Å². The second-order valence-corrected chi connectivity index (χ2v) is 7.66.